The Kier molecular flexibility index (Phi) is 3.97. The molecular weight excluding hydrogens is 223 g/mol. The number of benzene rings is 1. The van der Waals surface area contributed by atoms with E-state index in [1.807, 2.05) is 0 Å². The fourth-order valence-electron chi connectivity index (χ4n) is 1.86. The first-order chi connectivity index (χ1) is 8.16. The predicted molar refractivity (Wildman–Crippen MR) is 61.5 cm³/mol. The van der Waals surface area contributed by atoms with Crippen molar-refractivity contribution in [3.05, 3.63) is 29.6 Å². The summed E-state index contributed by atoms with van der Waals surface area (Å²) in [5.41, 5.74) is 0.551. The van der Waals surface area contributed by atoms with Gasteiger partial charge < -0.3 is 14.6 Å². The number of aliphatic hydroxyl groups excluding tert-OH is 1. The highest BCUT2D eigenvalue weighted by molar-refractivity contribution is 5.30. The molecule has 2 atom stereocenters. The molecule has 1 N–H and O–H groups in total. The van der Waals surface area contributed by atoms with Crippen LogP contribution in [0.15, 0.2) is 18.2 Å². The van der Waals surface area contributed by atoms with Crippen LogP contribution in [0.2, 0.25) is 0 Å². The molecule has 1 aliphatic rings. The molecule has 17 heavy (non-hydrogen) atoms. The van der Waals surface area contributed by atoms with Crippen molar-refractivity contribution >= 4 is 0 Å². The molecule has 1 fully saturated rings. The monoisotopic (exact) mass is 240 g/mol. The zero-order valence-electron chi connectivity index (χ0n) is 9.86. The minimum Gasteiger partial charge on any atom is -0.485 e. The summed E-state index contributed by atoms with van der Waals surface area (Å²) in [4.78, 5) is 0. The highest BCUT2D eigenvalue weighted by Gasteiger charge is 2.17. The molecule has 0 aromatic heterocycles. The highest BCUT2D eigenvalue weighted by atomic mass is 19.1. The number of hydrogen-bond donors (Lipinski definition) is 1. The third-order valence-electron chi connectivity index (χ3n) is 2.85. The third kappa shape index (κ3) is 3.17. The molecule has 94 valence electrons. The Hall–Kier alpha value is -1.13. The average molecular weight is 240 g/mol. The molecule has 3 nitrogen and oxygen atoms in total. The zero-order valence-corrected chi connectivity index (χ0v) is 9.86. The normalized spacial score (nSPS) is 22.2. The highest BCUT2D eigenvalue weighted by Crippen LogP contribution is 2.24. The summed E-state index contributed by atoms with van der Waals surface area (Å²) < 4.78 is 24.5. The minimum absolute atomic E-state index is 0.0735. The van der Waals surface area contributed by atoms with Crippen molar-refractivity contribution in [1.29, 1.82) is 0 Å². The van der Waals surface area contributed by atoms with Gasteiger partial charge in [-0.25, -0.2) is 4.39 Å². The maximum Gasteiger partial charge on any atom is 0.165 e. The summed E-state index contributed by atoms with van der Waals surface area (Å²) in [6.45, 7) is 2.87. The maximum atomic E-state index is 13.7. The molecule has 1 saturated heterocycles. The van der Waals surface area contributed by atoms with Gasteiger partial charge in [0.1, 0.15) is 6.10 Å². The van der Waals surface area contributed by atoms with Crippen LogP contribution in [0.1, 0.15) is 31.4 Å². The second-order valence-electron chi connectivity index (χ2n) is 4.32. The Bertz CT molecular complexity index is 373. The Balaban J connectivity index is 2.05. The number of aliphatic hydroxyl groups is 1. The van der Waals surface area contributed by atoms with Crippen LogP contribution in [0, 0.1) is 5.82 Å². The van der Waals surface area contributed by atoms with Crippen molar-refractivity contribution in [3.63, 3.8) is 0 Å². The van der Waals surface area contributed by atoms with E-state index in [1.165, 1.54) is 6.07 Å². The van der Waals surface area contributed by atoms with Crippen LogP contribution in [0.3, 0.4) is 0 Å². The molecule has 1 heterocycles. The molecule has 0 radical (unpaired) electrons. The lowest BCUT2D eigenvalue weighted by atomic mass is 10.1. The Labute approximate surface area is 100 Å². The van der Waals surface area contributed by atoms with Gasteiger partial charge in [-0.15, -0.1) is 0 Å². The topological polar surface area (TPSA) is 38.7 Å². The van der Waals surface area contributed by atoms with Crippen LogP contribution in [0.25, 0.3) is 0 Å². The van der Waals surface area contributed by atoms with E-state index < -0.39 is 11.9 Å². The molecule has 2 rings (SSSR count). The van der Waals surface area contributed by atoms with Crippen LogP contribution in [0.4, 0.5) is 4.39 Å². The van der Waals surface area contributed by atoms with Gasteiger partial charge in [0, 0.05) is 6.61 Å². The van der Waals surface area contributed by atoms with Gasteiger partial charge in [-0.2, -0.15) is 0 Å². The molecular formula is C13H17FO3. The van der Waals surface area contributed by atoms with E-state index in [0.717, 1.165) is 19.4 Å². The van der Waals surface area contributed by atoms with E-state index in [-0.39, 0.29) is 11.9 Å². The van der Waals surface area contributed by atoms with E-state index in [9.17, 15) is 9.50 Å². The largest absolute Gasteiger partial charge is 0.485 e. The molecule has 2 unspecified atom stereocenters. The van der Waals surface area contributed by atoms with Crippen molar-refractivity contribution in [2.24, 2.45) is 0 Å². The summed E-state index contributed by atoms with van der Waals surface area (Å²) in [6, 6.07) is 4.54. The Morgan fingerprint density at radius 1 is 1.53 bits per heavy atom. The number of halogens is 1. The summed E-state index contributed by atoms with van der Waals surface area (Å²) >= 11 is 0. The van der Waals surface area contributed by atoms with Crippen molar-refractivity contribution in [3.8, 4) is 5.75 Å². The van der Waals surface area contributed by atoms with E-state index in [0.29, 0.717) is 12.2 Å². The molecule has 0 amide bonds. The van der Waals surface area contributed by atoms with Crippen LogP contribution in [0.5, 0.6) is 5.75 Å². The first-order valence-corrected chi connectivity index (χ1v) is 5.88. The molecule has 0 saturated carbocycles. The fourth-order valence-corrected chi connectivity index (χ4v) is 1.86. The molecule has 1 aromatic rings. The Morgan fingerprint density at radius 2 is 2.35 bits per heavy atom. The summed E-state index contributed by atoms with van der Waals surface area (Å²) in [6.07, 6.45) is 1.09. The lowest BCUT2D eigenvalue weighted by Gasteiger charge is -2.23. The molecule has 4 heteroatoms. The second kappa shape index (κ2) is 5.47. The van der Waals surface area contributed by atoms with Gasteiger partial charge in [-0.3, -0.25) is 0 Å². The lowest BCUT2D eigenvalue weighted by molar-refractivity contribution is 0.00584. The van der Waals surface area contributed by atoms with Crippen LogP contribution >= 0.6 is 0 Å². The molecule has 0 bridgehead atoms. The molecule has 1 aliphatic heterocycles. The van der Waals surface area contributed by atoms with Crippen LogP contribution < -0.4 is 4.74 Å². The average Bonchev–Trinajstić information content (AvgIpc) is 2.33. The maximum absolute atomic E-state index is 13.7. The third-order valence-corrected chi connectivity index (χ3v) is 2.85. The molecule has 0 aliphatic carbocycles. The van der Waals surface area contributed by atoms with Crippen LogP contribution in [-0.2, 0) is 4.74 Å². The Morgan fingerprint density at radius 3 is 2.94 bits per heavy atom. The first-order valence-electron chi connectivity index (χ1n) is 5.88. The smallest absolute Gasteiger partial charge is 0.165 e. The number of hydrogen-bond acceptors (Lipinski definition) is 3. The first kappa shape index (κ1) is 12.3. The van der Waals surface area contributed by atoms with Gasteiger partial charge in [-0.1, -0.05) is 6.07 Å². The minimum atomic E-state index is -0.670. The summed E-state index contributed by atoms with van der Waals surface area (Å²) in [5.74, 6) is -0.209. The standard InChI is InChI=1S/C13H17FO3/c1-9(15)10-4-5-13(12(14)7-10)17-11-3-2-6-16-8-11/h4-5,7,9,11,15H,2-3,6,8H2,1H3. The fraction of sp³-hybridized carbons (Fsp3) is 0.538. The summed E-state index contributed by atoms with van der Waals surface area (Å²) in [5, 5.41) is 9.33. The quantitative estimate of drug-likeness (QED) is 0.882. The van der Waals surface area contributed by atoms with Gasteiger partial charge in [0.05, 0.1) is 12.7 Å². The van der Waals surface area contributed by atoms with Crippen molar-refractivity contribution in [2.75, 3.05) is 13.2 Å². The van der Waals surface area contributed by atoms with E-state index in [4.69, 9.17) is 9.47 Å². The SMILES string of the molecule is CC(O)c1ccc(OC2CCCOC2)c(F)c1. The molecule has 1 aromatic carbocycles. The van der Waals surface area contributed by atoms with Crippen molar-refractivity contribution < 1.29 is 19.0 Å². The predicted octanol–water partition coefficient (Wildman–Crippen LogP) is 2.44. The number of rotatable bonds is 3. The van der Waals surface area contributed by atoms with Gasteiger partial charge in [0.25, 0.3) is 0 Å². The zero-order chi connectivity index (χ0) is 12.3. The van der Waals surface area contributed by atoms with E-state index in [1.54, 1.807) is 19.1 Å². The number of ether oxygens (including phenoxy) is 2. The van der Waals surface area contributed by atoms with Crippen molar-refractivity contribution in [1.82, 2.24) is 0 Å². The molecule has 0 spiro atoms. The van der Waals surface area contributed by atoms with Gasteiger partial charge in [0.2, 0.25) is 0 Å². The van der Waals surface area contributed by atoms with Gasteiger partial charge in [0.15, 0.2) is 11.6 Å². The van der Waals surface area contributed by atoms with Gasteiger partial charge in [-0.05, 0) is 37.5 Å². The van der Waals surface area contributed by atoms with Crippen LogP contribution in [-0.4, -0.2) is 24.4 Å². The lowest BCUT2D eigenvalue weighted by Crippen LogP contribution is -2.28. The van der Waals surface area contributed by atoms with Crippen molar-refractivity contribution in [2.45, 2.75) is 32.0 Å². The van der Waals surface area contributed by atoms with E-state index in [2.05, 4.69) is 0 Å². The summed E-state index contributed by atoms with van der Waals surface area (Å²) in [7, 11) is 0. The van der Waals surface area contributed by atoms with Gasteiger partial charge >= 0.3 is 0 Å². The van der Waals surface area contributed by atoms with E-state index >= 15 is 0 Å². The second-order valence-corrected chi connectivity index (χ2v) is 4.32.